The van der Waals surface area contributed by atoms with Crippen molar-refractivity contribution in [1.82, 2.24) is 4.90 Å². The molecule has 1 aromatic rings. The number of carbonyl (C=O) groups excluding carboxylic acids is 1. The average molecular weight is 261 g/mol. The van der Waals surface area contributed by atoms with Gasteiger partial charge in [-0.2, -0.15) is 0 Å². The third kappa shape index (κ3) is 3.11. The Kier molecular flexibility index (Phi) is 4.59. The van der Waals surface area contributed by atoms with E-state index in [0.29, 0.717) is 16.6 Å². The Morgan fingerprint density at radius 3 is 2.69 bits per heavy atom. The van der Waals surface area contributed by atoms with Gasteiger partial charge in [0.15, 0.2) is 0 Å². The number of likely N-dealkylation sites (N-methyl/N-ethyl adjacent to an activating group) is 1. The standard InChI is InChI=1S/C11H14Cl2N2O/c1-7(14)11(16)15(2)6-8-4-3-5-9(12)10(8)13/h3-5,7H,6,14H2,1-2H3/t7-/m0/s1. The summed E-state index contributed by atoms with van der Waals surface area (Å²) >= 11 is 11.9. The number of rotatable bonds is 3. The smallest absolute Gasteiger partial charge is 0.239 e. The first-order valence-electron chi connectivity index (χ1n) is 4.87. The SMILES string of the molecule is C[C@H](N)C(=O)N(C)Cc1cccc(Cl)c1Cl. The highest BCUT2D eigenvalue weighted by Gasteiger charge is 2.15. The molecule has 0 aliphatic carbocycles. The first-order valence-corrected chi connectivity index (χ1v) is 5.62. The zero-order valence-electron chi connectivity index (χ0n) is 9.21. The summed E-state index contributed by atoms with van der Waals surface area (Å²) in [5, 5.41) is 0.967. The lowest BCUT2D eigenvalue weighted by Gasteiger charge is -2.20. The van der Waals surface area contributed by atoms with E-state index in [2.05, 4.69) is 0 Å². The van der Waals surface area contributed by atoms with Crippen LogP contribution >= 0.6 is 23.2 Å². The summed E-state index contributed by atoms with van der Waals surface area (Å²) in [6.45, 7) is 2.05. The third-order valence-corrected chi connectivity index (χ3v) is 3.06. The van der Waals surface area contributed by atoms with Crippen LogP contribution in [-0.4, -0.2) is 23.9 Å². The Morgan fingerprint density at radius 1 is 1.50 bits per heavy atom. The Labute approximate surface area is 105 Å². The summed E-state index contributed by atoms with van der Waals surface area (Å²) < 4.78 is 0. The lowest BCUT2D eigenvalue weighted by molar-refractivity contribution is -0.131. The number of hydrogen-bond donors (Lipinski definition) is 1. The Bertz CT molecular complexity index is 394. The molecule has 0 saturated heterocycles. The van der Waals surface area contributed by atoms with Crippen LogP contribution in [0.5, 0.6) is 0 Å². The molecule has 0 radical (unpaired) electrons. The van der Waals surface area contributed by atoms with Crippen LogP contribution in [0.2, 0.25) is 10.0 Å². The fraction of sp³-hybridized carbons (Fsp3) is 0.364. The molecule has 0 aromatic heterocycles. The Morgan fingerprint density at radius 2 is 2.12 bits per heavy atom. The number of hydrogen-bond acceptors (Lipinski definition) is 2. The van der Waals surface area contributed by atoms with Crippen molar-refractivity contribution < 1.29 is 4.79 Å². The summed E-state index contributed by atoms with van der Waals surface area (Å²) in [5.74, 6) is -0.129. The first kappa shape index (κ1) is 13.3. The van der Waals surface area contributed by atoms with E-state index < -0.39 is 6.04 Å². The van der Waals surface area contributed by atoms with Gasteiger partial charge >= 0.3 is 0 Å². The molecule has 0 fully saturated rings. The van der Waals surface area contributed by atoms with Gasteiger partial charge in [0, 0.05) is 13.6 Å². The highest BCUT2D eigenvalue weighted by molar-refractivity contribution is 6.42. The summed E-state index contributed by atoms with van der Waals surface area (Å²) in [7, 11) is 1.68. The van der Waals surface area contributed by atoms with Crippen molar-refractivity contribution in [3.63, 3.8) is 0 Å². The summed E-state index contributed by atoms with van der Waals surface area (Å²) in [4.78, 5) is 13.1. The molecule has 0 heterocycles. The minimum absolute atomic E-state index is 0.129. The van der Waals surface area contributed by atoms with Crippen LogP contribution in [0.3, 0.4) is 0 Å². The molecule has 88 valence electrons. The minimum Gasteiger partial charge on any atom is -0.340 e. The molecular formula is C11H14Cl2N2O. The molecular weight excluding hydrogens is 247 g/mol. The second-order valence-electron chi connectivity index (χ2n) is 3.70. The van der Waals surface area contributed by atoms with Crippen molar-refractivity contribution >= 4 is 29.1 Å². The molecule has 1 aromatic carbocycles. The van der Waals surface area contributed by atoms with Gasteiger partial charge in [-0.3, -0.25) is 4.79 Å². The molecule has 3 nitrogen and oxygen atoms in total. The van der Waals surface area contributed by atoms with E-state index in [4.69, 9.17) is 28.9 Å². The fourth-order valence-corrected chi connectivity index (χ4v) is 1.73. The number of nitrogens with zero attached hydrogens (tertiary/aromatic N) is 1. The monoisotopic (exact) mass is 260 g/mol. The maximum absolute atomic E-state index is 11.6. The largest absolute Gasteiger partial charge is 0.340 e. The Balaban J connectivity index is 2.81. The zero-order chi connectivity index (χ0) is 12.3. The zero-order valence-corrected chi connectivity index (χ0v) is 10.7. The van der Waals surface area contributed by atoms with Crippen LogP contribution in [0.1, 0.15) is 12.5 Å². The van der Waals surface area contributed by atoms with Crippen molar-refractivity contribution in [2.75, 3.05) is 7.05 Å². The number of benzene rings is 1. The predicted molar refractivity (Wildman–Crippen MR) is 66.6 cm³/mol. The predicted octanol–water partition coefficient (Wildman–Crippen LogP) is 2.30. The average Bonchev–Trinajstić information content (AvgIpc) is 2.23. The van der Waals surface area contributed by atoms with Crippen molar-refractivity contribution in [3.05, 3.63) is 33.8 Å². The second-order valence-corrected chi connectivity index (χ2v) is 4.48. The van der Waals surface area contributed by atoms with Crippen LogP contribution in [-0.2, 0) is 11.3 Å². The molecule has 0 aliphatic heterocycles. The van der Waals surface area contributed by atoms with E-state index in [0.717, 1.165) is 5.56 Å². The van der Waals surface area contributed by atoms with Crippen molar-refractivity contribution in [3.8, 4) is 0 Å². The van der Waals surface area contributed by atoms with Crippen molar-refractivity contribution in [2.24, 2.45) is 5.73 Å². The third-order valence-electron chi connectivity index (χ3n) is 2.20. The van der Waals surface area contributed by atoms with E-state index in [-0.39, 0.29) is 5.91 Å². The van der Waals surface area contributed by atoms with Gasteiger partial charge in [0.2, 0.25) is 5.91 Å². The van der Waals surface area contributed by atoms with Gasteiger partial charge in [-0.15, -0.1) is 0 Å². The van der Waals surface area contributed by atoms with Crippen LogP contribution in [0.4, 0.5) is 0 Å². The number of halogens is 2. The fourth-order valence-electron chi connectivity index (χ4n) is 1.35. The molecule has 0 bridgehead atoms. The van der Waals surface area contributed by atoms with Gasteiger partial charge in [0.25, 0.3) is 0 Å². The molecule has 1 rings (SSSR count). The number of carbonyl (C=O) groups is 1. The van der Waals surface area contributed by atoms with E-state index in [1.807, 2.05) is 6.07 Å². The summed E-state index contributed by atoms with van der Waals surface area (Å²) in [5.41, 5.74) is 6.32. The van der Waals surface area contributed by atoms with Crippen molar-refractivity contribution in [1.29, 1.82) is 0 Å². The molecule has 1 amide bonds. The van der Waals surface area contributed by atoms with Gasteiger partial charge in [-0.25, -0.2) is 0 Å². The van der Waals surface area contributed by atoms with Crippen molar-refractivity contribution in [2.45, 2.75) is 19.5 Å². The molecule has 16 heavy (non-hydrogen) atoms. The van der Waals surface area contributed by atoms with Gasteiger partial charge in [-0.1, -0.05) is 35.3 Å². The van der Waals surface area contributed by atoms with Crippen LogP contribution in [0.15, 0.2) is 18.2 Å². The molecule has 0 saturated carbocycles. The normalized spacial score (nSPS) is 12.3. The topological polar surface area (TPSA) is 46.3 Å². The van der Waals surface area contributed by atoms with Gasteiger partial charge in [0.05, 0.1) is 16.1 Å². The molecule has 0 spiro atoms. The Hall–Kier alpha value is -0.770. The number of amides is 1. The summed E-state index contributed by atoms with van der Waals surface area (Å²) in [6, 6.07) is 4.83. The number of nitrogens with two attached hydrogens (primary N) is 1. The molecule has 5 heteroatoms. The van der Waals surface area contributed by atoms with Gasteiger partial charge < -0.3 is 10.6 Å². The molecule has 0 aliphatic rings. The van der Waals surface area contributed by atoms with E-state index in [1.54, 1.807) is 26.1 Å². The summed E-state index contributed by atoms with van der Waals surface area (Å²) in [6.07, 6.45) is 0. The second kappa shape index (κ2) is 5.53. The van der Waals surface area contributed by atoms with Crippen LogP contribution in [0, 0.1) is 0 Å². The molecule has 1 atom stereocenters. The van der Waals surface area contributed by atoms with Crippen LogP contribution < -0.4 is 5.73 Å². The maximum atomic E-state index is 11.6. The molecule has 2 N–H and O–H groups in total. The highest BCUT2D eigenvalue weighted by Crippen LogP contribution is 2.26. The van der Waals surface area contributed by atoms with E-state index in [1.165, 1.54) is 4.90 Å². The van der Waals surface area contributed by atoms with E-state index >= 15 is 0 Å². The first-order chi connectivity index (χ1) is 7.43. The highest BCUT2D eigenvalue weighted by atomic mass is 35.5. The molecule has 0 unspecified atom stereocenters. The maximum Gasteiger partial charge on any atom is 0.239 e. The van der Waals surface area contributed by atoms with Crippen LogP contribution in [0.25, 0.3) is 0 Å². The van der Waals surface area contributed by atoms with E-state index in [9.17, 15) is 4.79 Å². The quantitative estimate of drug-likeness (QED) is 0.907. The van der Waals surface area contributed by atoms with Gasteiger partial charge in [0.1, 0.15) is 0 Å². The lowest BCUT2D eigenvalue weighted by Crippen LogP contribution is -2.39. The lowest BCUT2D eigenvalue weighted by atomic mass is 10.2. The van der Waals surface area contributed by atoms with Gasteiger partial charge in [-0.05, 0) is 18.6 Å². The minimum atomic E-state index is -0.511.